The highest BCUT2D eigenvalue weighted by atomic mass is 32.2. The van der Waals surface area contributed by atoms with Crippen molar-refractivity contribution in [1.29, 1.82) is 0 Å². The predicted octanol–water partition coefficient (Wildman–Crippen LogP) is 3.82. The van der Waals surface area contributed by atoms with Crippen molar-refractivity contribution in [2.24, 2.45) is 0 Å². The van der Waals surface area contributed by atoms with Crippen LogP contribution in [0.25, 0.3) is 0 Å². The molecule has 1 unspecified atom stereocenters. The third kappa shape index (κ3) is 2.34. The van der Waals surface area contributed by atoms with Gasteiger partial charge in [0.15, 0.2) is 0 Å². The Morgan fingerprint density at radius 2 is 1.93 bits per heavy atom. The summed E-state index contributed by atoms with van der Waals surface area (Å²) in [5.41, 5.74) is 1.12. The van der Waals surface area contributed by atoms with E-state index in [1.54, 1.807) is 0 Å². The second kappa shape index (κ2) is 4.99. The number of halogens is 1. The van der Waals surface area contributed by atoms with E-state index >= 15 is 0 Å². The summed E-state index contributed by atoms with van der Waals surface area (Å²) in [6.45, 7) is 4.46. The van der Waals surface area contributed by atoms with E-state index in [1.165, 1.54) is 12.8 Å². The number of hydrogen-bond acceptors (Lipinski definition) is 2. The van der Waals surface area contributed by atoms with E-state index in [4.69, 9.17) is 0 Å². The van der Waals surface area contributed by atoms with Gasteiger partial charge in [-0.15, -0.1) is 0 Å². The normalized spacial score (nSPS) is 19.3. The standard InChI is InChI=1S/C12H16FNS/c1-10(14-8-4-5-9-14)11-6-2-3-7-12(11)15-13/h2-3,6-7,10H,4-5,8-9H2,1H3. The first-order valence-corrected chi connectivity index (χ1v) is 6.16. The maximum Gasteiger partial charge on any atom is 0.0815 e. The van der Waals surface area contributed by atoms with Gasteiger partial charge < -0.3 is 0 Å². The van der Waals surface area contributed by atoms with E-state index < -0.39 is 0 Å². The maximum absolute atomic E-state index is 12.7. The van der Waals surface area contributed by atoms with Crippen LogP contribution in [-0.4, -0.2) is 18.0 Å². The lowest BCUT2D eigenvalue weighted by Gasteiger charge is -2.25. The van der Waals surface area contributed by atoms with Crippen LogP contribution < -0.4 is 0 Å². The second-order valence-corrected chi connectivity index (χ2v) is 4.63. The van der Waals surface area contributed by atoms with Crippen LogP contribution in [0.4, 0.5) is 3.89 Å². The molecular weight excluding hydrogens is 209 g/mol. The van der Waals surface area contributed by atoms with Crippen molar-refractivity contribution in [2.75, 3.05) is 13.1 Å². The number of hydrogen-bond donors (Lipinski definition) is 0. The fourth-order valence-corrected chi connectivity index (χ4v) is 2.68. The van der Waals surface area contributed by atoms with Gasteiger partial charge in [-0.05, 0) is 44.5 Å². The lowest BCUT2D eigenvalue weighted by Crippen LogP contribution is -2.23. The zero-order chi connectivity index (χ0) is 10.7. The van der Waals surface area contributed by atoms with Gasteiger partial charge in [0.25, 0.3) is 0 Å². The molecule has 1 nitrogen and oxygen atoms in total. The lowest BCUT2D eigenvalue weighted by molar-refractivity contribution is 0.260. The molecule has 0 aromatic heterocycles. The topological polar surface area (TPSA) is 3.24 Å². The van der Waals surface area contributed by atoms with E-state index in [1.807, 2.05) is 24.3 Å². The van der Waals surface area contributed by atoms with Crippen LogP contribution in [0.3, 0.4) is 0 Å². The summed E-state index contributed by atoms with van der Waals surface area (Å²) in [7, 11) is 0. The highest BCUT2D eigenvalue weighted by Gasteiger charge is 2.21. The van der Waals surface area contributed by atoms with Crippen molar-refractivity contribution < 1.29 is 3.89 Å². The molecule has 0 saturated carbocycles. The van der Waals surface area contributed by atoms with E-state index in [0.717, 1.165) is 23.5 Å². The molecule has 1 aliphatic heterocycles. The molecule has 1 aliphatic rings. The van der Waals surface area contributed by atoms with Crippen molar-refractivity contribution >= 4 is 12.1 Å². The van der Waals surface area contributed by atoms with Crippen LogP contribution in [0.5, 0.6) is 0 Å². The van der Waals surface area contributed by atoms with Gasteiger partial charge in [-0.25, -0.2) is 0 Å². The summed E-state index contributed by atoms with van der Waals surface area (Å²) in [4.78, 5) is 3.19. The Morgan fingerprint density at radius 1 is 1.27 bits per heavy atom. The van der Waals surface area contributed by atoms with Crippen molar-refractivity contribution in [3.05, 3.63) is 29.8 Å². The quantitative estimate of drug-likeness (QED) is 0.769. The molecule has 0 aliphatic carbocycles. The molecule has 1 aromatic carbocycles. The van der Waals surface area contributed by atoms with Gasteiger partial charge in [-0.3, -0.25) is 4.90 Å². The third-order valence-electron chi connectivity index (χ3n) is 3.14. The molecule has 1 aromatic rings. The second-order valence-electron chi connectivity index (χ2n) is 4.03. The van der Waals surface area contributed by atoms with Crippen molar-refractivity contribution in [1.82, 2.24) is 4.90 Å². The summed E-state index contributed by atoms with van der Waals surface area (Å²) in [6.07, 6.45) is 2.55. The van der Waals surface area contributed by atoms with Crippen LogP contribution in [0.2, 0.25) is 0 Å². The lowest BCUT2D eigenvalue weighted by atomic mass is 10.1. The zero-order valence-electron chi connectivity index (χ0n) is 8.95. The Bertz CT molecular complexity index is 323. The number of nitrogens with zero attached hydrogens (tertiary/aromatic N) is 1. The predicted molar refractivity (Wildman–Crippen MR) is 62.6 cm³/mol. The molecule has 15 heavy (non-hydrogen) atoms. The van der Waals surface area contributed by atoms with Crippen molar-refractivity contribution in [2.45, 2.75) is 30.7 Å². The highest BCUT2D eigenvalue weighted by molar-refractivity contribution is 7.94. The van der Waals surface area contributed by atoms with E-state index in [2.05, 4.69) is 11.8 Å². The van der Waals surface area contributed by atoms with E-state index in [0.29, 0.717) is 18.2 Å². The molecule has 0 bridgehead atoms. The van der Waals surface area contributed by atoms with Gasteiger partial charge in [0.2, 0.25) is 0 Å². The zero-order valence-corrected chi connectivity index (χ0v) is 9.77. The Balaban J connectivity index is 2.19. The molecule has 1 atom stereocenters. The molecule has 2 rings (SSSR count). The Kier molecular flexibility index (Phi) is 3.65. The van der Waals surface area contributed by atoms with Crippen LogP contribution in [0.1, 0.15) is 31.4 Å². The summed E-state index contributed by atoms with van der Waals surface area (Å²) < 4.78 is 12.7. The smallest absolute Gasteiger partial charge is 0.0815 e. The minimum absolute atomic E-state index is 0.340. The Morgan fingerprint density at radius 3 is 2.60 bits per heavy atom. The van der Waals surface area contributed by atoms with Crippen molar-refractivity contribution in [3.63, 3.8) is 0 Å². The van der Waals surface area contributed by atoms with Gasteiger partial charge in [-0.2, -0.15) is 3.89 Å². The van der Waals surface area contributed by atoms with E-state index in [-0.39, 0.29) is 0 Å². The minimum atomic E-state index is 0.340. The monoisotopic (exact) mass is 225 g/mol. The molecule has 1 saturated heterocycles. The summed E-state index contributed by atoms with van der Waals surface area (Å²) in [6, 6.07) is 8.10. The molecule has 3 heteroatoms. The van der Waals surface area contributed by atoms with Gasteiger partial charge in [-0.1, -0.05) is 18.2 Å². The van der Waals surface area contributed by atoms with Crippen LogP contribution in [0, 0.1) is 0 Å². The molecule has 0 spiro atoms. The SMILES string of the molecule is CC(c1ccccc1SF)N1CCCC1. The average Bonchev–Trinajstić information content (AvgIpc) is 2.81. The largest absolute Gasteiger partial charge is 0.297 e. The third-order valence-corrected chi connectivity index (χ3v) is 3.68. The molecule has 0 N–H and O–H groups in total. The molecule has 1 heterocycles. The van der Waals surface area contributed by atoms with Gasteiger partial charge in [0, 0.05) is 10.9 Å². The number of benzene rings is 1. The first-order chi connectivity index (χ1) is 7.33. The summed E-state index contributed by atoms with van der Waals surface area (Å²) in [5, 5.41) is 0. The van der Waals surface area contributed by atoms with E-state index in [9.17, 15) is 3.89 Å². The Hall–Kier alpha value is -0.540. The fraction of sp³-hybridized carbons (Fsp3) is 0.500. The fourth-order valence-electron chi connectivity index (χ4n) is 2.22. The first-order valence-electron chi connectivity index (χ1n) is 5.44. The highest BCUT2D eigenvalue weighted by Crippen LogP contribution is 2.32. The maximum atomic E-state index is 12.7. The number of rotatable bonds is 3. The van der Waals surface area contributed by atoms with Crippen molar-refractivity contribution in [3.8, 4) is 0 Å². The molecule has 82 valence electrons. The van der Waals surface area contributed by atoms with Gasteiger partial charge >= 0.3 is 0 Å². The Labute approximate surface area is 95.0 Å². The van der Waals surface area contributed by atoms with Gasteiger partial charge in [0.05, 0.1) is 12.1 Å². The van der Waals surface area contributed by atoms with Gasteiger partial charge in [0.1, 0.15) is 0 Å². The minimum Gasteiger partial charge on any atom is -0.297 e. The summed E-state index contributed by atoms with van der Waals surface area (Å²) >= 11 is 0.356. The average molecular weight is 225 g/mol. The summed E-state index contributed by atoms with van der Waals surface area (Å²) in [5.74, 6) is 0. The van der Waals surface area contributed by atoms with Crippen LogP contribution >= 0.6 is 12.1 Å². The number of likely N-dealkylation sites (tertiary alicyclic amines) is 1. The van der Waals surface area contributed by atoms with Crippen LogP contribution in [0.15, 0.2) is 29.2 Å². The molecule has 0 radical (unpaired) electrons. The molecular formula is C12H16FNS. The molecule has 0 amide bonds. The van der Waals surface area contributed by atoms with Crippen LogP contribution in [-0.2, 0) is 0 Å². The molecule has 1 fully saturated rings. The first kappa shape index (κ1) is 11.0.